The molecule has 1 rings (SSSR count). The molecule has 0 aromatic rings. The molecule has 2 atom stereocenters. The van der Waals surface area contributed by atoms with Crippen LogP contribution in [0.5, 0.6) is 0 Å². The number of hydrogen-bond donors (Lipinski definition) is 2. The summed E-state index contributed by atoms with van der Waals surface area (Å²) in [4.78, 5) is 19.6. The zero-order valence-corrected chi connectivity index (χ0v) is 14.8. The fraction of sp³-hybridized carbons (Fsp3) is 1.00. The van der Waals surface area contributed by atoms with Crippen LogP contribution in [0.3, 0.4) is 0 Å². The molecule has 0 spiro atoms. The molecule has 2 unspecified atom stereocenters. The lowest BCUT2D eigenvalue weighted by Crippen LogP contribution is -2.51. The van der Waals surface area contributed by atoms with E-state index in [0.717, 1.165) is 0 Å². The summed E-state index contributed by atoms with van der Waals surface area (Å²) in [5.74, 6) is 0. The van der Waals surface area contributed by atoms with Crippen molar-refractivity contribution in [2.75, 3.05) is 6.61 Å². The quantitative estimate of drug-likeness (QED) is 0.747. The summed E-state index contributed by atoms with van der Waals surface area (Å²) in [7, 11) is -8.28. The van der Waals surface area contributed by atoms with E-state index in [2.05, 4.69) is 0 Å². The highest BCUT2D eigenvalue weighted by Gasteiger charge is 2.77. The van der Waals surface area contributed by atoms with Crippen molar-refractivity contribution in [3.05, 3.63) is 0 Å². The van der Waals surface area contributed by atoms with Crippen LogP contribution in [0.15, 0.2) is 0 Å². The van der Waals surface area contributed by atoms with Gasteiger partial charge in [0.05, 0.1) is 11.8 Å². The SMILES string of the molecule is CCOP1(=O)OC(C)(P(=O)(O)O)C(CC)(CC)C1(C)C. The third kappa shape index (κ3) is 2.00. The molecule has 0 aliphatic carbocycles. The van der Waals surface area contributed by atoms with Crippen LogP contribution >= 0.6 is 15.2 Å². The van der Waals surface area contributed by atoms with Crippen LogP contribution in [0.4, 0.5) is 0 Å². The molecule has 0 radical (unpaired) electrons. The van der Waals surface area contributed by atoms with Gasteiger partial charge in [-0.15, -0.1) is 0 Å². The van der Waals surface area contributed by atoms with E-state index >= 15 is 0 Å². The first-order valence-corrected chi connectivity index (χ1v) is 10.1. The Morgan fingerprint density at radius 1 is 1.15 bits per heavy atom. The Hall–Kier alpha value is 0.300. The van der Waals surface area contributed by atoms with Crippen LogP contribution in [0.2, 0.25) is 0 Å². The maximum Gasteiger partial charge on any atom is 0.357 e. The Bertz CT molecular complexity index is 465. The van der Waals surface area contributed by atoms with Gasteiger partial charge in [0.15, 0.2) is 5.34 Å². The van der Waals surface area contributed by atoms with Gasteiger partial charge in [0.25, 0.3) is 0 Å². The second-order valence-corrected chi connectivity index (χ2v) is 10.4. The minimum Gasteiger partial charge on any atom is -0.322 e. The van der Waals surface area contributed by atoms with Crippen LogP contribution in [0.1, 0.15) is 54.4 Å². The Morgan fingerprint density at radius 2 is 1.60 bits per heavy atom. The summed E-state index contributed by atoms with van der Waals surface area (Å²) in [5.41, 5.74) is -0.927. The molecule has 2 N–H and O–H groups in total. The normalized spacial score (nSPS) is 36.2. The van der Waals surface area contributed by atoms with E-state index in [1.165, 1.54) is 6.92 Å². The second-order valence-electron chi connectivity index (χ2n) is 5.88. The van der Waals surface area contributed by atoms with Gasteiger partial charge in [-0.05, 0) is 40.5 Å². The first-order valence-electron chi connectivity index (χ1n) is 6.90. The topological polar surface area (TPSA) is 93.1 Å². The predicted molar refractivity (Wildman–Crippen MR) is 77.9 cm³/mol. The molecule has 0 saturated carbocycles. The van der Waals surface area contributed by atoms with Crippen LogP contribution in [0, 0.1) is 5.41 Å². The molecular formula is C12H26O6P2. The van der Waals surface area contributed by atoms with E-state index in [-0.39, 0.29) is 6.61 Å². The summed E-state index contributed by atoms with van der Waals surface area (Å²) >= 11 is 0. The van der Waals surface area contributed by atoms with Gasteiger partial charge in [0.1, 0.15) is 0 Å². The van der Waals surface area contributed by atoms with Gasteiger partial charge in [0.2, 0.25) is 0 Å². The minimum atomic E-state index is -4.64. The van der Waals surface area contributed by atoms with Gasteiger partial charge in [-0.3, -0.25) is 13.7 Å². The number of hydrogen-bond acceptors (Lipinski definition) is 4. The van der Waals surface area contributed by atoms with Gasteiger partial charge < -0.3 is 14.3 Å². The van der Waals surface area contributed by atoms with Crippen molar-refractivity contribution in [1.29, 1.82) is 0 Å². The standard InChI is InChI=1S/C12H26O6P2/c1-7-12(8-2)10(4,5)20(16,17-9-3)18-11(12,6)19(13,14)15/h7-9H2,1-6H3,(H2,13,14,15). The van der Waals surface area contributed by atoms with E-state index < -0.39 is 31.1 Å². The minimum absolute atomic E-state index is 0.168. The van der Waals surface area contributed by atoms with Gasteiger partial charge in [-0.1, -0.05) is 13.8 Å². The van der Waals surface area contributed by atoms with Crippen molar-refractivity contribution in [1.82, 2.24) is 0 Å². The lowest BCUT2D eigenvalue weighted by atomic mass is 9.68. The van der Waals surface area contributed by atoms with Gasteiger partial charge in [-0.2, -0.15) is 0 Å². The molecule has 120 valence electrons. The average Bonchev–Trinajstić information content (AvgIpc) is 2.42. The molecule has 0 aromatic carbocycles. The largest absolute Gasteiger partial charge is 0.357 e. The van der Waals surface area contributed by atoms with Crippen LogP contribution < -0.4 is 0 Å². The van der Waals surface area contributed by atoms with Gasteiger partial charge in [-0.25, -0.2) is 0 Å². The zero-order valence-electron chi connectivity index (χ0n) is 13.0. The third-order valence-electron chi connectivity index (χ3n) is 5.10. The van der Waals surface area contributed by atoms with Crippen molar-refractivity contribution < 1.29 is 28.0 Å². The molecule has 1 saturated heterocycles. The summed E-state index contributed by atoms with van der Waals surface area (Å²) in [6, 6.07) is 0. The molecular weight excluding hydrogens is 302 g/mol. The summed E-state index contributed by atoms with van der Waals surface area (Å²) in [6.07, 6.45) is 0.879. The van der Waals surface area contributed by atoms with E-state index in [1.807, 2.05) is 13.8 Å². The van der Waals surface area contributed by atoms with Crippen molar-refractivity contribution in [3.63, 3.8) is 0 Å². The van der Waals surface area contributed by atoms with Crippen molar-refractivity contribution in [2.24, 2.45) is 5.41 Å². The van der Waals surface area contributed by atoms with Crippen molar-refractivity contribution in [3.8, 4) is 0 Å². The molecule has 0 bridgehead atoms. The molecule has 6 nitrogen and oxygen atoms in total. The van der Waals surface area contributed by atoms with Crippen molar-refractivity contribution in [2.45, 2.75) is 64.9 Å². The number of rotatable bonds is 5. The molecule has 1 fully saturated rings. The molecule has 0 aromatic heterocycles. The molecule has 1 aliphatic rings. The van der Waals surface area contributed by atoms with E-state index in [9.17, 15) is 18.9 Å². The Balaban J connectivity index is 3.65. The Labute approximate surface area is 120 Å². The highest BCUT2D eigenvalue weighted by Crippen LogP contribution is 2.84. The summed E-state index contributed by atoms with van der Waals surface area (Å²) in [5, 5.41) is -2.78. The lowest BCUT2D eigenvalue weighted by molar-refractivity contribution is 0.0141. The van der Waals surface area contributed by atoms with Gasteiger partial charge >= 0.3 is 15.2 Å². The third-order valence-corrected chi connectivity index (χ3v) is 9.88. The highest BCUT2D eigenvalue weighted by atomic mass is 31.2. The van der Waals surface area contributed by atoms with Crippen molar-refractivity contribution >= 4 is 15.2 Å². The molecule has 0 amide bonds. The van der Waals surface area contributed by atoms with Crippen LogP contribution in [0.25, 0.3) is 0 Å². The lowest BCUT2D eigenvalue weighted by Gasteiger charge is -2.46. The maximum absolute atomic E-state index is 13.1. The first-order chi connectivity index (χ1) is 8.89. The van der Waals surface area contributed by atoms with Crippen LogP contribution in [-0.4, -0.2) is 26.9 Å². The zero-order chi connectivity index (χ0) is 16.0. The monoisotopic (exact) mass is 328 g/mol. The molecule has 1 heterocycles. The first kappa shape index (κ1) is 18.3. The smallest absolute Gasteiger partial charge is 0.322 e. The molecule has 1 aliphatic heterocycles. The molecule has 8 heteroatoms. The summed E-state index contributed by atoms with van der Waals surface area (Å²) in [6.45, 7) is 10.3. The fourth-order valence-corrected chi connectivity index (χ4v) is 8.36. The average molecular weight is 328 g/mol. The predicted octanol–water partition coefficient (Wildman–Crippen LogP) is 3.73. The van der Waals surface area contributed by atoms with Crippen LogP contribution in [-0.2, 0) is 18.2 Å². The van der Waals surface area contributed by atoms with E-state index in [0.29, 0.717) is 12.8 Å². The maximum atomic E-state index is 13.1. The van der Waals surface area contributed by atoms with Gasteiger partial charge in [0, 0.05) is 5.41 Å². The summed E-state index contributed by atoms with van der Waals surface area (Å²) < 4.78 is 36.0. The second kappa shape index (κ2) is 5.19. The fourth-order valence-electron chi connectivity index (χ4n) is 3.73. The molecule has 20 heavy (non-hydrogen) atoms. The van der Waals surface area contributed by atoms with E-state index in [4.69, 9.17) is 9.05 Å². The Morgan fingerprint density at radius 3 is 1.85 bits per heavy atom. The highest BCUT2D eigenvalue weighted by molar-refractivity contribution is 7.59. The Kier molecular flexibility index (Phi) is 4.76. The van der Waals surface area contributed by atoms with E-state index in [1.54, 1.807) is 20.8 Å².